The summed E-state index contributed by atoms with van der Waals surface area (Å²) in [6, 6.07) is 5.88. The number of carbonyl (C=O) groups is 1. The Morgan fingerprint density at radius 2 is 2.12 bits per heavy atom. The zero-order valence-corrected chi connectivity index (χ0v) is 10.1. The summed E-state index contributed by atoms with van der Waals surface area (Å²) in [5.74, 6) is -0.724. The summed E-state index contributed by atoms with van der Waals surface area (Å²) in [6.45, 7) is 0. The Morgan fingerprint density at radius 3 is 2.76 bits per heavy atom. The number of anilines is 1. The minimum Gasteiger partial charge on any atom is -0.307 e. The largest absolute Gasteiger partial charge is 0.307 e. The van der Waals surface area contributed by atoms with Gasteiger partial charge in [0.1, 0.15) is 5.82 Å². The van der Waals surface area contributed by atoms with Gasteiger partial charge in [-0.1, -0.05) is 0 Å². The third-order valence-corrected chi connectivity index (χ3v) is 2.43. The van der Waals surface area contributed by atoms with Gasteiger partial charge in [-0.3, -0.25) is 4.79 Å². The molecule has 2 rings (SSSR count). The molecule has 2 heterocycles. The Balaban J connectivity index is 2.14. The third-order valence-electron chi connectivity index (χ3n) is 1.96. The van der Waals surface area contributed by atoms with E-state index in [2.05, 4.69) is 31.2 Å². The molecule has 1 N–H and O–H groups in total. The first-order valence-corrected chi connectivity index (χ1v) is 5.49. The van der Waals surface area contributed by atoms with Gasteiger partial charge in [0.15, 0.2) is 0 Å². The fraction of sp³-hybridized carbons (Fsp3) is 0. The Labute approximate surface area is 105 Å². The molecule has 0 aliphatic carbocycles. The fourth-order valence-corrected chi connectivity index (χ4v) is 1.42. The molecule has 86 valence electrons. The maximum Gasteiger partial charge on any atom is 0.257 e. The lowest BCUT2D eigenvalue weighted by Crippen LogP contribution is -2.13. The van der Waals surface area contributed by atoms with E-state index in [-0.39, 0.29) is 5.56 Å². The quantitative estimate of drug-likeness (QED) is 0.867. The zero-order chi connectivity index (χ0) is 12.3. The molecule has 2 aromatic heterocycles. The van der Waals surface area contributed by atoms with E-state index in [9.17, 15) is 9.18 Å². The minimum absolute atomic E-state index is 0.196. The van der Waals surface area contributed by atoms with Crippen LogP contribution in [-0.2, 0) is 0 Å². The highest BCUT2D eigenvalue weighted by Gasteiger charge is 2.07. The van der Waals surface area contributed by atoms with Crippen LogP contribution < -0.4 is 5.32 Å². The van der Waals surface area contributed by atoms with E-state index in [0.717, 1.165) is 10.5 Å². The van der Waals surface area contributed by atoms with Crippen LogP contribution >= 0.6 is 15.9 Å². The topological polar surface area (TPSA) is 54.9 Å². The molecule has 0 spiro atoms. The van der Waals surface area contributed by atoms with Crippen LogP contribution in [0.4, 0.5) is 10.2 Å². The maximum absolute atomic E-state index is 12.8. The minimum atomic E-state index is -0.693. The van der Waals surface area contributed by atoms with Gasteiger partial charge >= 0.3 is 0 Å². The number of hydrogen-bond acceptors (Lipinski definition) is 3. The summed E-state index contributed by atoms with van der Waals surface area (Å²) < 4.78 is 13.6. The van der Waals surface area contributed by atoms with Crippen molar-refractivity contribution in [2.45, 2.75) is 0 Å². The molecule has 0 radical (unpaired) electrons. The first kappa shape index (κ1) is 11.7. The normalized spacial score (nSPS) is 10.0. The lowest BCUT2D eigenvalue weighted by molar-refractivity contribution is 0.102. The van der Waals surface area contributed by atoms with Gasteiger partial charge in [0.05, 0.1) is 0 Å². The Hall–Kier alpha value is -1.82. The molecule has 0 fully saturated rings. The molecule has 4 nitrogen and oxygen atoms in total. The van der Waals surface area contributed by atoms with Crippen molar-refractivity contribution in [3.8, 4) is 0 Å². The van der Waals surface area contributed by atoms with Crippen LogP contribution in [0.15, 0.2) is 41.1 Å². The Kier molecular flexibility index (Phi) is 3.43. The van der Waals surface area contributed by atoms with E-state index in [1.54, 1.807) is 18.3 Å². The number of nitrogens with one attached hydrogen (secondary N) is 1. The summed E-state index contributed by atoms with van der Waals surface area (Å²) in [4.78, 5) is 19.0. The van der Waals surface area contributed by atoms with Crippen molar-refractivity contribution in [2.24, 2.45) is 0 Å². The van der Waals surface area contributed by atoms with Crippen molar-refractivity contribution in [1.29, 1.82) is 0 Å². The molecule has 0 aliphatic rings. The predicted octanol–water partition coefficient (Wildman–Crippen LogP) is 2.63. The molecule has 17 heavy (non-hydrogen) atoms. The molecule has 2 aromatic rings. The van der Waals surface area contributed by atoms with Crippen molar-refractivity contribution in [3.63, 3.8) is 0 Å². The van der Waals surface area contributed by atoms with Crippen molar-refractivity contribution < 1.29 is 9.18 Å². The van der Waals surface area contributed by atoms with Gasteiger partial charge < -0.3 is 5.32 Å². The maximum atomic E-state index is 12.8. The van der Waals surface area contributed by atoms with Gasteiger partial charge in [-0.2, -0.15) is 4.39 Å². The fourth-order valence-electron chi connectivity index (χ4n) is 1.18. The average molecular weight is 296 g/mol. The van der Waals surface area contributed by atoms with Gasteiger partial charge in [-0.15, -0.1) is 0 Å². The van der Waals surface area contributed by atoms with E-state index in [0.29, 0.717) is 5.82 Å². The Bertz CT molecular complexity index is 545. The summed E-state index contributed by atoms with van der Waals surface area (Å²) in [6.07, 6.45) is 2.79. The van der Waals surface area contributed by atoms with Crippen LogP contribution in [0.3, 0.4) is 0 Å². The lowest BCUT2D eigenvalue weighted by Gasteiger charge is -2.03. The lowest BCUT2D eigenvalue weighted by atomic mass is 10.2. The van der Waals surface area contributed by atoms with Crippen molar-refractivity contribution in [1.82, 2.24) is 9.97 Å². The van der Waals surface area contributed by atoms with E-state index >= 15 is 0 Å². The number of halogens is 2. The summed E-state index contributed by atoms with van der Waals surface area (Å²) >= 11 is 3.23. The van der Waals surface area contributed by atoms with Crippen LogP contribution in [0.25, 0.3) is 0 Å². The highest BCUT2D eigenvalue weighted by molar-refractivity contribution is 9.10. The number of nitrogens with zero attached hydrogens (tertiary/aromatic N) is 2. The second-order valence-electron chi connectivity index (χ2n) is 3.18. The van der Waals surface area contributed by atoms with Crippen molar-refractivity contribution in [2.75, 3.05) is 5.32 Å². The summed E-state index contributed by atoms with van der Waals surface area (Å²) in [5.41, 5.74) is 0.196. The molecule has 0 atom stereocenters. The molecular weight excluding hydrogens is 289 g/mol. The van der Waals surface area contributed by atoms with Crippen LogP contribution in [0, 0.1) is 5.95 Å². The summed E-state index contributed by atoms with van der Waals surface area (Å²) in [7, 11) is 0. The van der Waals surface area contributed by atoms with E-state index < -0.39 is 11.9 Å². The molecule has 0 unspecified atom stereocenters. The standard InChI is InChI=1S/C11H7BrFN3O/c12-8-1-2-10(15-6-8)16-11(17)7-3-4-14-9(13)5-7/h1-6H,(H,15,16,17). The van der Waals surface area contributed by atoms with Gasteiger partial charge in [-0.25, -0.2) is 9.97 Å². The van der Waals surface area contributed by atoms with Gasteiger partial charge in [0, 0.05) is 28.5 Å². The van der Waals surface area contributed by atoms with Crippen LogP contribution in [0.2, 0.25) is 0 Å². The monoisotopic (exact) mass is 295 g/mol. The second kappa shape index (κ2) is 5.01. The molecule has 0 aliphatic heterocycles. The van der Waals surface area contributed by atoms with Gasteiger partial charge in [-0.05, 0) is 34.1 Å². The first-order valence-electron chi connectivity index (χ1n) is 4.69. The predicted molar refractivity (Wildman–Crippen MR) is 64.1 cm³/mol. The van der Waals surface area contributed by atoms with Crippen LogP contribution in [-0.4, -0.2) is 15.9 Å². The number of amides is 1. The Morgan fingerprint density at radius 1 is 1.29 bits per heavy atom. The average Bonchev–Trinajstić information content (AvgIpc) is 2.32. The number of rotatable bonds is 2. The van der Waals surface area contributed by atoms with E-state index in [4.69, 9.17) is 0 Å². The highest BCUT2D eigenvalue weighted by Crippen LogP contribution is 2.11. The molecule has 0 bridgehead atoms. The molecule has 0 saturated heterocycles. The zero-order valence-electron chi connectivity index (χ0n) is 8.52. The van der Waals surface area contributed by atoms with Crippen molar-refractivity contribution in [3.05, 3.63) is 52.6 Å². The summed E-state index contributed by atoms with van der Waals surface area (Å²) in [5, 5.41) is 2.55. The van der Waals surface area contributed by atoms with Crippen LogP contribution in [0.5, 0.6) is 0 Å². The number of pyridine rings is 2. The SMILES string of the molecule is O=C(Nc1ccc(Br)cn1)c1ccnc(F)c1. The highest BCUT2D eigenvalue weighted by atomic mass is 79.9. The number of carbonyl (C=O) groups excluding carboxylic acids is 1. The third kappa shape index (κ3) is 3.07. The van der Waals surface area contributed by atoms with Crippen molar-refractivity contribution >= 4 is 27.7 Å². The van der Waals surface area contributed by atoms with E-state index in [1.807, 2.05) is 0 Å². The second-order valence-corrected chi connectivity index (χ2v) is 4.10. The van der Waals surface area contributed by atoms with Crippen LogP contribution in [0.1, 0.15) is 10.4 Å². The number of hydrogen-bond donors (Lipinski definition) is 1. The molecule has 1 amide bonds. The van der Waals surface area contributed by atoms with Gasteiger partial charge in [0.2, 0.25) is 5.95 Å². The first-order chi connectivity index (χ1) is 8.15. The smallest absolute Gasteiger partial charge is 0.257 e. The van der Waals surface area contributed by atoms with E-state index in [1.165, 1.54) is 12.3 Å². The van der Waals surface area contributed by atoms with Gasteiger partial charge in [0.25, 0.3) is 5.91 Å². The molecule has 0 saturated carbocycles. The number of aromatic nitrogens is 2. The molecular formula is C11H7BrFN3O. The molecule has 6 heteroatoms. The molecule has 0 aromatic carbocycles.